The van der Waals surface area contributed by atoms with Crippen LogP contribution in [-0.4, -0.2) is 9.97 Å². The summed E-state index contributed by atoms with van der Waals surface area (Å²) in [7, 11) is 0. The van der Waals surface area contributed by atoms with Crippen LogP contribution in [-0.2, 0) is 6.18 Å². The Hall–Kier alpha value is -1.91. The average molecular weight is 266 g/mol. The van der Waals surface area contributed by atoms with E-state index in [1.807, 2.05) is 26.0 Å². The van der Waals surface area contributed by atoms with Gasteiger partial charge in [0.05, 0.1) is 5.69 Å². The van der Waals surface area contributed by atoms with Gasteiger partial charge in [-0.1, -0.05) is 12.1 Å². The number of aryl methyl sites for hydroxylation is 3. The fourth-order valence-corrected chi connectivity index (χ4v) is 1.74. The molecular weight excluding hydrogens is 253 g/mol. The number of rotatable bonds is 1. The van der Waals surface area contributed by atoms with E-state index in [2.05, 4.69) is 9.97 Å². The van der Waals surface area contributed by atoms with E-state index in [0.717, 1.165) is 11.1 Å². The Morgan fingerprint density at radius 2 is 1.58 bits per heavy atom. The second kappa shape index (κ2) is 4.64. The van der Waals surface area contributed by atoms with Crippen molar-refractivity contribution in [1.82, 2.24) is 9.97 Å². The van der Waals surface area contributed by atoms with Gasteiger partial charge in [0.2, 0.25) is 5.82 Å². The number of hydrogen-bond acceptors (Lipinski definition) is 2. The quantitative estimate of drug-likeness (QED) is 0.777. The van der Waals surface area contributed by atoms with E-state index in [1.54, 1.807) is 12.1 Å². The fourth-order valence-electron chi connectivity index (χ4n) is 1.74. The Kier molecular flexibility index (Phi) is 3.30. The highest BCUT2D eigenvalue weighted by atomic mass is 19.4. The van der Waals surface area contributed by atoms with Crippen LogP contribution in [0.2, 0.25) is 0 Å². The van der Waals surface area contributed by atoms with Crippen LogP contribution in [0.4, 0.5) is 13.2 Å². The Balaban J connectivity index is 2.56. The Morgan fingerprint density at radius 1 is 0.895 bits per heavy atom. The van der Waals surface area contributed by atoms with Gasteiger partial charge in [0.25, 0.3) is 0 Å². The highest BCUT2D eigenvalue weighted by molar-refractivity contribution is 5.61. The smallest absolute Gasteiger partial charge is 0.230 e. The third kappa shape index (κ3) is 2.92. The van der Waals surface area contributed by atoms with Crippen LogP contribution in [0.25, 0.3) is 11.3 Å². The number of alkyl halides is 3. The molecule has 0 amide bonds. The first-order chi connectivity index (χ1) is 8.77. The summed E-state index contributed by atoms with van der Waals surface area (Å²) in [5.74, 6) is -1.10. The molecule has 1 aromatic heterocycles. The minimum absolute atomic E-state index is 0.294. The Bertz CT molecular complexity index is 619. The molecule has 0 aliphatic heterocycles. The molecule has 0 unspecified atom stereocenters. The molecule has 19 heavy (non-hydrogen) atoms. The van der Waals surface area contributed by atoms with E-state index in [-0.39, 0.29) is 0 Å². The molecule has 0 N–H and O–H groups in total. The van der Waals surface area contributed by atoms with Crippen molar-refractivity contribution in [3.05, 3.63) is 46.9 Å². The standard InChI is InChI=1S/C14H13F3N2/c1-8-4-5-11(6-9(8)2)12-7-10(3)18-13(19-12)14(15,16)17/h4-7H,1-3H3. The first-order valence-corrected chi connectivity index (χ1v) is 5.78. The largest absolute Gasteiger partial charge is 0.451 e. The summed E-state index contributed by atoms with van der Waals surface area (Å²) in [5, 5.41) is 0. The number of halogens is 3. The molecule has 2 rings (SSSR count). The van der Waals surface area contributed by atoms with Gasteiger partial charge in [-0.15, -0.1) is 0 Å². The molecular formula is C14H13F3N2. The van der Waals surface area contributed by atoms with Crippen molar-refractivity contribution in [3.63, 3.8) is 0 Å². The van der Waals surface area contributed by atoms with Crippen molar-refractivity contribution in [1.29, 1.82) is 0 Å². The molecule has 0 bridgehead atoms. The van der Waals surface area contributed by atoms with Gasteiger partial charge in [-0.05, 0) is 44.0 Å². The third-order valence-electron chi connectivity index (χ3n) is 2.91. The molecule has 1 heterocycles. The molecule has 100 valence electrons. The second-order valence-corrected chi connectivity index (χ2v) is 4.51. The van der Waals surface area contributed by atoms with E-state index in [0.29, 0.717) is 17.0 Å². The van der Waals surface area contributed by atoms with Gasteiger partial charge >= 0.3 is 6.18 Å². The van der Waals surface area contributed by atoms with Gasteiger partial charge < -0.3 is 0 Å². The topological polar surface area (TPSA) is 25.8 Å². The van der Waals surface area contributed by atoms with E-state index >= 15 is 0 Å². The maximum absolute atomic E-state index is 12.7. The van der Waals surface area contributed by atoms with E-state index < -0.39 is 12.0 Å². The monoisotopic (exact) mass is 266 g/mol. The van der Waals surface area contributed by atoms with Gasteiger partial charge in [-0.25, -0.2) is 9.97 Å². The molecule has 1 aromatic carbocycles. The van der Waals surface area contributed by atoms with Gasteiger partial charge in [0, 0.05) is 11.3 Å². The van der Waals surface area contributed by atoms with Gasteiger partial charge in [-0.3, -0.25) is 0 Å². The molecule has 0 fully saturated rings. The first-order valence-electron chi connectivity index (χ1n) is 5.78. The number of benzene rings is 1. The number of hydrogen-bond donors (Lipinski definition) is 0. The van der Waals surface area contributed by atoms with Gasteiger partial charge in [-0.2, -0.15) is 13.2 Å². The van der Waals surface area contributed by atoms with Crippen LogP contribution in [0.15, 0.2) is 24.3 Å². The zero-order chi connectivity index (χ0) is 14.2. The summed E-state index contributed by atoms with van der Waals surface area (Å²) < 4.78 is 38.0. The molecule has 0 spiro atoms. The lowest BCUT2D eigenvalue weighted by molar-refractivity contribution is -0.145. The fraction of sp³-hybridized carbons (Fsp3) is 0.286. The minimum Gasteiger partial charge on any atom is -0.230 e. The summed E-state index contributed by atoms with van der Waals surface area (Å²) >= 11 is 0. The molecule has 0 saturated heterocycles. The summed E-state index contributed by atoms with van der Waals surface area (Å²) in [6.07, 6.45) is -4.53. The second-order valence-electron chi connectivity index (χ2n) is 4.51. The lowest BCUT2D eigenvalue weighted by atomic mass is 10.0. The van der Waals surface area contributed by atoms with Crippen LogP contribution in [0.5, 0.6) is 0 Å². The molecule has 5 heteroatoms. The van der Waals surface area contributed by atoms with E-state index in [9.17, 15) is 13.2 Å². The Morgan fingerprint density at radius 3 is 2.16 bits per heavy atom. The lowest BCUT2D eigenvalue weighted by Crippen LogP contribution is -2.12. The normalized spacial score (nSPS) is 11.7. The van der Waals surface area contributed by atoms with Crippen LogP contribution < -0.4 is 0 Å². The minimum atomic E-state index is -4.53. The van der Waals surface area contributed by atoms with Crippen molar-refractivity contribution in [3.8, 4) is 11.3 Å². The predicted molar refractivity (Wildman–Crippen MR) is 66.7 cm³/mol. The molecule has 0 radical (unpaired) electrons. The number of nitrogens with zero attached hydrogens (tertiary/aromatic N) is 2. The van der Waals surface area contributed by atoms with Crippen LogP contribution >= 0.6 is 0 Å². The van der Waals surface area contributed by atoms with Crippen LogP contribution in [0.1, 0.15) is 22.6 Å². The molecule has 0 aliphatic rings. The van der Waals surface area contributed by atoms with Crippen LogP contribution in [0.3, 0.4) is 0 Å². The van der Waals surface area contributed by atoms with Crippen molar-refractivity contribution in [2.75, 3.05) is 0 Å². The summed E-state index contributed by atoms with van der Waals surface area (Å²) in [5.41, 5.74) is 3.37. The molecule has 2 aromatic rings. The van der Waals surface area contributed by atoms with Crippen LogP contribution in [0, 0.1) is 20.8 Å². The lowest BCUT2D eigenvalue weighted by Gasteiger charge is -2.09. The third-order valence-corrected chi connectivity index (χ3v) is 2.91. The Labute approximate surface area is 109 Å². The maximum Gasteiger partial charge on any atom is 0.451 e. The first kappa shape index (κ1) is 13.5. The number of aromatic nitrogens is 2. The van der Waals surface area contributed by atoms with E-state index in [1.165, 1.54) is 6.92 Å². The van der Waals surface area contributed by atoms with E-state index in [4.69, 9.17) is 0 Å². The predicted octanol–water partition coefficient (Wildman–Crippen LogP) is 4.09. The molecule has 2 nitrogen and oxygen atoms in total. The molecule has 0 atom stereocenters. The highest BCUT2D eigenvalue weighted by Gasteiger charge is 2.35. The summed E-state index contributed by atoms with van der Waals surface area (Å²) in [4.78, 5) is 7.04. The zero-order valence-electron chi connectivity index (χ0n) is 10.8. The van der Waals surface area contributed by atoms with Crippen molar-refractivity contribution < 1.29 is 13.2 Å². The SMILES string of the molecule is Cc1cc(-c2ccc(C)c(C)c2)nc(C(F)(F)F)n1. The summed E-state index contributed by atoms with van der Waals surface area (Å²) in [6.45, 7) is 5.39. The zero-order valence-corrected chi connectivity index (χ0v) is 10.8. The highest BCUT2D eigenvalue weighted by Crippen LogP contribution is 2.29. The average Bonchev–Trinajstić information content (AvgIpc) is 2.31. The molecule has 0 aliphatic carbocycles. The summed E-state index contributed by atoms with van der Waals surface area (Å²) in [6, 6.07) is 7.02. The van der Waals surface area contributed by atoms with Crippen molar-refractivity contribution >= 4 is 0 Å². The van der Waals surface area contributed by atoms with Gasteiger partial charge in [0.1, 0.15) is 0 Å². The maximum atomic E-state index is 12.7. The van der Waals surface area contributed by atoms with Crippen molar-refractivity contribution in [2.45, 2.75) is 26.9 Å². The molecule has 0 saturated carbocycles. The van der Waals surface area contributed by atoms with Crippen molar-refractivity contribution in [2.24, 2.45) is 0 Å². The van der Waals surface area contributed by atoms with Gasteiger partial charge in [0.15, 0.2) is 0 Å².